The van der Waals surface area contributed by atoms with Crippen molar-refractivity contribution in [3.8, 4) is 6.07 Å². The van der Waals surface area contributed by atoms with Crippen molar-refractivity contribution >= 4 is 46.4 Å². The number of ether oxygens (including phenoxy) is 1. The number of anilines is 2. The minimum Gasteiger partial charge on any atom is -0.457 e. The van der Waals surface area contributed by atoms with E-state index < -0.39 is 5.97 Å². The van der Waals surface area contributed by atoms with Crippen LogP contribution in [0.2, 0.25) is 0 Å². The van der Waals surface area contributed by atoms with Gasteiger partial charge in [0, 0.05) is 24.1 Å². The Hall–Kier alpha value is -3.68. The molecule has 0 unspecified atom stereocenters. The van der Waals surface area contributed by atoms with Gasteiger partial charge >= 0.3 is 5.97 Å². The molecule has 1 heterocycles. The highest BCUT2D eigenvalue weighted by Crippen LogP contribution is 2.15. The van der Waals surface area contributed by atoms with E-state index in [1.807, 2.05) is 6.07 Å². The van der Waals surface area contributed by atoms with Crippen LogP contribution in [0.15, 0.2) is 41.7 Å². The standard InChI is InChI=1S/C22H25N5O4S/c1-5-10-31-22(30)17(12-23)21-27(6-2)20(29)18(32-21)13-24-15-8-7-9-16(11-15)25-19(28)14-26(3)4/h5,7-9,11,13,24H,1,6,10,14H2,2-4H3,(H,25,28)/b18-13+,21-17-. The van der Waals surface area contributed by atoms with Crippen LogP contribution in [0.4, 0.5) is 11.4 Å². The van der Waals surface area contributed by atoms with Crippen molar-refractivity contribution in [3.63, 3.8) is 0 Å². The molecular formula is C22H25N5O4S. The summed E-state index contributed by atoms with van der Waals surface area (Å²) in [5, 5.41) is 15.3. The van der Waals surface area contributed by atoms with E-state index >= 15 is 0 Å². The largest absolute Gasteiger partial charge is 0.457 e. The van der Waals surface area contributed by atoms with Crippen LogP contribution in [0, 0.1) is 11.3 Å². The van der Waals surface area contributed by atoms with E-state index in [9.17, 15) is 19.6 Å². The first-order chi connectivity index (χ1) is 15.3. The number of thiazole rings is 1. The summed E-state index contributed by atoms with van der Waals surface area (Å²) in [7, 11) is 3.61. The first-order valence-electron chi connectivity index (χ1n) is 9.74. The van der Waals surface area contributed by atoms with Crippen LogP contribution < -0.4 is 25.4 Å². The second-order valence-electron chi connectivity index (χ2n) is 6.85. The van der Waals surface area contributed by atoms with Crippen molar-refractivity contribution in [2.75, 3.05) is 37.9 Å². The summed E-state index contributed by atoms with van der Waals surface area (Å²) in [4.78, 5) is 38.7. The number of carbonyl (C=O) groups is 2. The molecule has 0 aliphatic carbocycles. The Morgan fingerprint density at radius 2 is 2.06 bits per heavy atom. The zero-order valence-corrected chi connectivity index (χ0v) is 19.0. The Labute approximate surface area is 189 Å². The van der Waals surface area contributed by atoms with Gasteiger partial charge in [0.1, 0.15) is 21.9 Å². The van der Waals surface area contributed by atoms with Gasteiger partial charge in [-0.3, -0.25) is 14.2 Å². The van der Waals surface area contributed by atoms with E-state index in [1.54, 1.807) is 50.2 Å². The summed E-state index contributed by atoms with van der Waals surface area (Å²) >= 11 is 1.02. The van der Waals surface area contributed by atoms with Crippen LogP contribution in [0.5, 0.6) is 0 Å². The van der Waals surface area contributed by atoms with Crippen LogP contribution in [0.3, 0.4) is 0 Å². The second-order valence-corrected chi connectivity index (χ2v) is 7.88. The number of benzene rings is 1. The smallest absolute Gasteiger partial charge is 0.352 e. The number of amides is 1. The summed E-state index contributed by atoms with van der Waals surface area (Å²) in [5.41, 5.74) is 0.693. The lowest BCUT2D eigenvalue weighted by molar-refractivity contribution is -0.135. The molecular weight excluding hydrogens is 430 g/mol. The number of nitriles is 1. The summed E-state index contributed by atoms with van der Waals surface area (Å²) in [6.45, 7) is 5.72. The molecule has 2 aromatic rings. The van der Waals surface area contributed by atoms with Gasteiger partial charge in [0.05, 0.1) is 6.54 Å². The van der Waals surface area contributed by atoms with Gasteiger partial charge in [0.15, 0.2) is 5.57 Å². The SMILES string of the molecule is C=CCOC(=O)/C(C#N)=c1\s/c(=C/Nc2cccc(NC(=O)CN(C)C)c2)c(=O)n1CC. The Morgan fingerprint density at radius 1 is 1.34 bits per heavy atom. The molecule has 2 N–H and O–H groups in total. The summed E-state index contributed by atoms with van der Waals surface area (Å²) in [6.07, 6.45) is 2.90. The fraction of sp³-hybridized carbons (Fsp3) is 0.273. The quantitative estimate of drug-likeness (QED) is 0.422. The van der Waals surface area contributed by atoms with E-state index in [2.05, 4.69) is 17.2 Å². The van der Waals surface area contributed by atoms with E-state index in [1.165, 1.54) is 16.8 Å². The van der Waals surface area contributed by atoms with E-state index in [-0.39, 0.29) is 41.4 Å². The highest BCUT2D eigenvalue weighted by atomic mass is 32.1. The minimum atomic E-state index is -0.809. The summed E-state index contributed by atoms with van der Waals surface area (Å²) in [6, 6.07) is 8.88. The van der Waals surface area contributed by atoms with Crippen LogP contribution in [0.25, 0.3) is 11.8 Å². The summed E-state index contributed by atoms with van der Waals surface area (Å²) < 4.78 is 6.85. The number of nitrogens with one attached hydrogen (secondary N) is 2. The third kappa shape index (κ3) is 6.41. The highest BCUT2D eigenvalue weighted by Gasteiger charge is 2.16. The molecule has 0 radical (unpaired) electrons. The van der Waals surface area contributed by atoms with Crippen molar-refractivity contribution in [2.24, 2.45) is 0 Å². The maximum Gasteiger partial charge on any atom is 0.352 e. The van der Waals surface area contributed by atoms with Crippen LogP contribution in [-0.2, 0) is 20.9 Å². The molecule has 0 saturated carbocycles. The van der Waals surface area contributed by atoms with Crippen LogP contribution in [-0.4, -0.2) is 48.6 Å². The molecule has 0 aliphatic rings. The number of carbonyl (C=O) groups excluding carboxylic acids is 2. The fourth-order valence-corrected chi connectivity index (χ4v) is 3.78. The van der Waals surface area contributed by atoms with Gasteiger partial charge in [-0.25, -0.2) is 4.79 Å². The maximum atomic E-state index is 12.8. The fourth-order valence-electron chi connectivity index (χ4n) is 2.70. The predicted octanol–water partition coefficient (Wildman–Crippen LogP) is 0.683. The number of rotatable bonds is 9. The number of nitrogens with zero attached hydrogens (tertiary/aromatic N) is 3. The molecule has 0 spiro atoms. The molecule has 168 valence electrons. The van der Waals surface area contributed by atoms with Gasteiger partial charge in [-0.05, 0) is 39.2 Å². The molecule has 9 nitrogen and oxygen atoms in total. The predicted molar refractivity (Wildman–Crippen MR) is 125 cm³/mol. The number of esters is 1. The Morgan fingerprint density at radius 3 is 2.69 bits per heavy atom. The molecule has 1 aromatic carbocycles. The third-order valence-electron chi connectivity index (χ3n) is 4.06. The molecule has 32 heavy (non-hydrogen) atoms. The molecule has 0 fully saturated rings. The Balaban J connectivity index is 2.38. The van der Waals surface area contributed by atoms with Crippen molar-refractivity contribution in [3.05, 3.63) is 56.5 Å². The monoisotopic (exact) mass is 455 g/mol. The minimum absolute atomic E-state index is 0.0340. The molecule has 2 rings (SSSR count). The number of hydrogen-bond acceptors (Lipinski definition) is 8. The zero-order valence-electron chi connectivity index (χ0n) is 18.2. The van der Waals surface area contributed by atoms with Crippen LogP contribution >= 0.6 is 11.3 Å². The molecule has 0 aliphatic heterocycles. The van der Waals surface area contributed by atoms with Crippen molar-refractivity contribution in [1.29, 1.82) is 5.26 Å². The lowest BCUT2D eigenvalue weighted by atomic mass is 10.2. The topological polar surface area (TPSA) is 116 Å². The van der Waals surface area contributed by atoms with Gasteiger partial charge in [-0.15, -0.1) is 11.3 Å². The molecule has 0 atom stereocenters. The molecule has 1 aromatic heterocycles. The average Bonchev–Trinajstić information content (AvgIpc) is 3.06. The first-order valence-corrected chi connectivity index (χ1v) is 10.6. The number of aromatic nitrogens is 1. The van der Waals surface area contributed by atoms with Crippen molar-refractivity contribution in [2.45, 2.75) is 13.5 Å². The zero-order chi connectivity index (χ0) is 23.7. The molecule has 10 heteroatoms. The van der Waals surface area contributed by atoms with Gasteiger partial charge in [0.2, 0.25) is 5.91 Å². The average molecular weight is 456 g/mol. The number of likely N-dealkylation sites (N-methyl/N-ethyl adjacent to an activating group) is 1. The summed E-state index contributed by atoms with van der Waals surface area (Å²) in [5.74, 6) is -0.954. The maximum absolute atomic E-state index is 12.8. The van der Waals surface area contributed by atoms with Crippen LogP contribution in [0.1, 0.15) is 6.92 Å². The Kier molecular flexibility index (Phi) is 8.95. The van der Waals surface area contributed by atoms with E-state index in [0.29, 0.717) is 15.9 Å². The lowest BCUT2D eigenvalue weighted by Gasteiger charge is -2.10. The Bertz CT molecular complexity index is 1220. The van der Waals surface area contributed by atoms with E-state index in [0.717, 1.165) is 11.3 Å². The number of hydrogen-bond donors (Lipinski definition) is 2. The molecule has 0 saturated heterocycles. The highest BCUT2D eigenvalue weighted by molar-refractivity contribution is 7.07. The van der Waals surface area contributed by atoms with Crippen molar-refractivity contribution < 1.29 is 14.3 Å². The third-order valence-corrected chi connectivity index (χ3v) is 5.19. The molecule has 0 bridgehead atoms. The lowest BCUT2D eigenvalue weighted by Crippen LogP contribution is -2.32. The van der Waals surface area contributed by atoms with Crippen molar-refractivity contribution in [1.82, 2.24) is 9.47 Å². The van der Waals surface area contributed by atoms with Gasteiger partial charge in [-0.2, -0.15) is 5.26 Å². The first kappa shape index (κ1) is 24.6. The normalized spacial score (nSPS) is 12.2. The van der Waals surface area contributed by atoms with Gasteiger partial charge in [0.25, 0.3) is 5.56 Å². The van der Waals surface area contributed by atoms with Gasteiger partial charge in [-0.1, -0.05) is 18.7 Å². The van der Waals surface area contributed by atoms with E-state index in [4.69, 9.17) is 4.74 Å². The second kappa shape index (κ2) is 11.6. The molecule has 1 amide bonds. The van der Waals surface area contributed by atoms with Gasteiger partial charge < -0.3 is 20.3 Å².